The summed E-state index contributed by atoms with van der Waals surface area (Å²) in [5, 5.41) is 3.09. The third-order valence-corrected chi connectivity index (χ3v) is 8.30. The minimum Gasteiger partial charge on any atom is -0.324 e. The first-order valence-electron chi connectivity index (χ1n) is 10.8. The highest BCUT2D eigenvalue weighted by Gasteiger charge is 2.31. The number of nitrogens with one attached hydrogen (secondary N) is 1. The van der Waals surface area contributed by atoms with E-state index >= 15 is 0 Å². The summed E-state index contributed by atoms with van der Waals surface area (Å²) in [6.07, 6.45) is 1.70. The summed E-state index contributed by atoms with van der Waals surface area (Å²) in [5.41, 5.74) is 4.16. The topological polar surface area (TPSA) is 95.5 Å². The van der Waals surface area contributed by atoms with Crippen LogP contribution in [-0.4, -0.2) is 65.0 Å². The molecule has 1 fully saturated rings. The average Bonchev–Trinajstić information content (AvgIpc) is 3.28. The monoisotopic (exact) mass is 473 g/mol. The number of nitrogens with zero attached hydrogens (tertiary/aromatic N) is 4. The number of hydrogen-bond donors (Lipinski definition) is 1. The van der Waals surface area contributed by atoms with Crippen LogP contribution in [0.3, 0.4) is 0 Å². The van der Waals surface area contributed by atoms with Crippen molar-refractivity contribution in [3.8, 4) is 0 Å². The lowest BCUT2D eigenvalue weighted by Gasteiger charge is -2.33. The Hall–Kier alpha value is -2.40. The molecule has 0 radical (unpaired) electrons. The smallest absolute Gasteiger partial charge is 0.245 e. The highest BCUT2D eigenvalue weighted by atomic mass is 32.2. The summed E-state index contributed by atoms with van der Waals surface area (Å²) in [5.74, 6) is -0.0739. The Bertz CT molecular complexity index is 1200. The fraction of sp³-hybridized carbons (Fsp3) is 0.409. The van der Waals surface area contributed by atoms with Crippen LogP contribution in [0.5, 0.6) is 0 Å². The van der Waals surface area contributed by atoms with Gasteiger partial charge in [0.1, 0.15) is 15.9 Å². The van der Waals surface area contributed by atoms with Gasteiger partial charge in [-0.3, -0.25) is 9.69 Å². The van der Waals surface area contributed by atoms with E-state index in [0.717, 1.165) is 41.4 Å². The van der Waals surface area contributed by atoms with Crippen molar-refractivity contribution in [3.05, 3.63) is 47.5 Å². The lowest BCUT2D eigenvalue weighted by Crippen LogP contribution is -2.50. The van der Waals surface area contributed by atoms with Crippen molar-refractivity contribution in [2.45, 2.75) is 31.6 Å². The summed E-state index contributed by atoms with van der Waals surface area (Å²) in [4.78, 5) is 14.9. The summed E-state index contributed by atoms with van der Waals surface area (Å²) >= 11 is 1.01. The van der Waals surface area contributed by atoms with Crippen molar-refractivity contribution < 1.29 is 13.2 Å². The lowest BCUT2D eigenvalue weighted by molar-refractivity contribution is -0.117. The van der Waals surface area contributed by atoms with Crippen molar-refractivity contribution in [1.82, 2.24) is 18.0 Å². The maximum atomic E-state index is 13.2. The van der Waals surface area contributed by atoms with Gasteiger partial charge in [-0.05, 0) is 36.1 Å². The zero-order valence-corrected chi connectivity index (χ0v) is 19.9. The molecule has 1 saturated heterocycles. The quantitative estimate of drug-likeness (QED) is 0.567. The highest BCUT2D eigenvalue weighted by Crippen LogP contribution is 2.25. The molecule has 2 heterocycles. The van der Waals surface area contributed by atoms with E-state index < -0.39 is 10.0 Å². The van der Waals surface area contributed by atoms with Gasteiger partial charge in [0.2, 0.25) is 15.9 Å². The van der Waals surface area contributed by atoms with Gasteiger partial charge in [-0.15, -0.1) is 0 Å². The molecule has 1 aliphatic heterocycles. The average molecular weight is 474 g/mol. The first kappa shape index (κ1) is 22.8. The third kappa shape index (κ3) is 4.54. The molecule has 1 aromatic heterocycles. The van der Waals surface area contributed by atoms with Crippen LogP contribution in [0.25, 0.3) is 11.0 Å². The summed E-state index contributed by atoms with van der Waals surface area (Å²) in [7, 11) is -3.67. The number of benzene rings is 2. The van der Waals surface area contributed by atoms with E-state index in [9.17, 15) is 13.2 Å². The molecule has 0 saturated carbocycles. The second-order valence-corrected chi connectivity index (χ2v) is 10.2. The van der Waals surface area contributed by atoms with Gasteiger partial charge >= 0.3 is 0 Å². The fourth-order valence-corrected chi connectivity index (χ4v) is 6.22. The Morgan fingerprint density at radius 1 is 1.00 bits per heavy atom. The molecule has 1 N–H and O–H groups in total. The van der Waals surface area contributed by atoms with Crippen molar-refractivity contribution in [2.75, 3.05) is 38.0 Å². The van der Waals surface area contributed by atoms with E-state index in [4.69, 9.17) is 0 Å². The first-order valence-corrected chi connectivity index (χ1v) is 13.0. The van der Waals surface area contributed by atoms with Crippen molar-refractivity contribution in [1.29, 1.82) is 0 Å². The predicted octanol–water partition coefficient (Wildman–Crippen LogP) is 2.76. The van der Waals surface area contributed by atoms with Gasteiger partial charge in [-0.25, -0.2) is 8.42 Å². The SMILES string of the molecule is CCc1cccc(CC)c1NC(=O)CN1CCN(S(=O)(=O)c2cccc3nsnc23)CC1. The Morgan fingerprint density at radius 2 is 1.66 bits per heavy atom. The van der Waals surface area contributed by atoms with E-state index in [0.29, 0.717) is 37.2 Å². The highest BCUT2D eigenvalue weighted by molar-refractivity contribution is 7.89. The Labute approximate surface area is 192 Å². The second kappa shape index (κ2) is 9.62. The fourth-order valence-electron chi connectivity index (χ4n) is 4.04. The molecule has 1 amide bonds. The summed E-state index contributed by atoms with van der Waals surface area (Å²) in [6, 6.07) is 11.1. The summed E-state index contributed by atoms with van der Waals surface area (Å²) in [6.45, 7) is 6.03. The second-order valence-electron chi connectivity index (χ2n) is 7.77. The molecule has 0 aliphatic carbocycles. The van der Waals surface area contributed by atoms with Gasteiger partial charge in [0.15, 0.2) is 0 Å². The largest absolute Gasteiger partial charge is 0.324 e. The van der Waals surface area contributed by atoms with Gasteiger partial charge in [0, 0.05) is 31.9 Å². The van der Waals surface area contributed by atoms with Crippen molar-refractivity contribution >= 4 is 44.4 Å². The molecule has 3 aromatic rings. The van der Waals surface area contributed by atoms with Crippen LogP contribution in [0.2, 0.25) is 0 Å². The Morgan fingerprint density at radius 3 is 2.31 bits per heavy atom. The molecular formula is C22H27N5O3S2. The number of rotatable bonds is 7. The zero-order valence-electron chi connectivity index (χ0n) is 18.2. The number of anilines is 1. The predicted molar refractivity (Wildman–Crippen MR) is 126 cm³/mol. The first-order chi connectivity index (χ1) is 15.4. The van der Waals surface area contributed by atoms with Crippen LogP contribution in [-0.2, 0) is 27.7 Å². The number of carbonyl (C=O) groups excluding carboxylic acids is 1. The normalized spacial score (nSPS) is 15.8. The molecule has 2 aromatic carbocycles. The van der Waals surface area contributed by atoms with Gasteiger partial charge in [0.05, 0.1) is 18.3 Å². The number of carbonyl (C=O) groups is 1. The number of aryl methyl sites for hydroxylation is 2. The molecule has 8 nitrogen and oxygen atoms in total. The van der Waals surface area contributed by atoms with Crippen molar-refractivity contribution in [2.24, 2.45) is 0 Å². The standard InChI is InChI=1S/C22H27N5O3S2/c1-3-16-7-5-8-17(4-2)21(16)23-20(28)15-26-11-13-27(14-12-26)32(29,30)19-10-6-9-18-22(19)25-31-24-18/h5-10H,3-4,11-15H2,1-2H3,(H,23,28). The molecule has 32 heavy (non-hydrogen) atoms. The van der Waals surface area contributed by atoms with Crippen LogP contribution in [0.1, 0.15) is 25.0 Å². The third-order valence-electron chi connectivity index (χ3n) is 5.83. The molecule has 10 heteroatoms. The summed E-state index contributed by atoms with van der Waals surface area (Å²) < 4.78 is 36.1. The van der Waals surface area contributed by atoms with E-state index in [1.54, 1.807) is 18.2 Å². The maximum Gasteiger partial charge on any atom is 0.245 e. The van der Waals surface area contributed by atoms with Crippen LogP contribution < -0.4 is 5.32 Å². The van der Waals surface area contributed by atoms with Gasteiger partial charge in [-0.1, -0.05) is 38.1 Å². The minimum atomic E-state index is -3.67. The number of para-hydroxylation sites is 1. The van der Waals surface area contributed by atoms with Gasteiger partial charge in [-0.2, -0.15) is 13.1 Å². The minimum absolute atomic E-state index is 0.0739. The number of amides is 1. The van der Waals surface area contributed by atoms with Crippen LogP contribution in [0.15, 0.2) is 41.3 Å². The molecule has 0 bridgehead atoms. The lowest BCUT2D eigenvalue weighted by atomic mass is 10.0. The molecule has 0 atom stereocenters. The molecule has 1 aliphatic rings. The number of aromatic nitrogens is 2. The number of piperazine rings is 1. The maximum absolute atomic E-state index is 13.2. The van der Waals surface area contributed by atoms with Crippen LogP contribution in [0, 0.1) is 0 Å². The van der Waals surface area contributed by atoms with Gasteiger partial charge in [0.25, 0.3) is 0 Å². The Balaban J connectivity index is 1.39. The number of fused-ring (bicyclic) bond motifs is 1. The van der Waals surface area contributed by atoms with Gasteiger partial charge < -0.3 is 5.32 Å². The van der Waals surface area contributed by atoms with E-state index in [2.05, 4.69) is 27.9 Å². The van der Waals surface area contributed by atoms with E-state index in [1.165, 1.54) is 4.31 Å². The van der Waals surface area contributed by atoms with Crippen LogP contribution in [0.4, 0.5) is 5.69 Å². The molecular weight excluding hydrogens is 446 g/mol. The molecule has 4 rings (SSSR count). The Kier molecular flexibility index (Phi) is 6.85. The van der Waals surface area contributed by atoms with Crippen LogP contribution >= 0.6 is 11.7 Å². The molecule has 0 spiro atoms. The van der Waals surface area contributed by atoms with E-state index in [-0.39, 0.29) is 17.3 Å². The zero-order chi connectivity index (χ0) is 22.7. The molecule has 170 valence electrons. The number of sulfonamides is 1. The number of hydrogen-bond acceptors (Lipinski definition) is 7. The molecule has 0 unspecified atom stereocenters. The van der Waals surface area contributed by atoms with Crippen molar-refractivity contribution in [3.63, 3.8) is 0 Å². The van der Waals surface area contributed by atoms with E-state index in [1.807, 2.05) is 23.1 Å².